The molecule has 1 fully saturated rings. The zero-order chi connectivity index (χ0) is 27.7. The van der Waals surface area contributed by atoms with Crippen LogP contribution in [0, 0.1) is 5.92 Å². The van der Waals surface area contributed by atoms with Crippen molar-refractivity contribution in [2.45, 2.75) is 77.9 Å². The Morgan fingerprint density at radius 3 is 2.71 bits per heavy atom. The molecule has 3 rings (SSSR count). The van der Waals surface area contributed by atoms with Crippen molar-refractivity contribution in [3.8, 4) is 0 Å². The molecule has 0 aliphatic carbocycles. The number of hydrazine groups is 1. The number of aryl methyl sites for hydroxylation is 1. The van der Waals surface area contributed by atoms with Gasteiger partial charge in [0.2, 0.25) is 11.8 Å². The molecule has 1 aliphatic rings. The number of unbranched alkanes of at least 4 members (excludes halogenated alkanes) is 1. The number of fused-ring (bicyclic) bond motifs is 1. The van der Waals surface area contributed by atoms with E-state index in [0.717, 1.165) is 30.3 Å². The first-order chi connectivity index (χ1) is 18.2. The Morgan fingerprint density at radius 1 is 1.21 bits per heavy atom. The van der Waals surface area contributed by atoms with E-state index in [1.54, 1.807) is 6.92 Å². The van der Waals surface area contributed by atoms with E-state index in [2.05, 4.69) is 58.3 Å². The van der Waals surface area contributed by atoms with E-state index in [4.69, 9.17) is 5.73 Å². The summed E-state index contributed by atoms with van der Waals surface area (Å²) in [4.78, 5) is 41.8. The minimum atomic E-state index is -0.726. The maximum atomic E-state index is 13.0. The standard InChI is InChI=1S/C29H42N6O3/c1-5-21-12-13-22-18-32-24(17-23(22)16-21)10-7-6-8-14-31-26(19(2)3)28(37)33-20(4)29(38)35-15-9-11-25(34-35)27(30)36/h7,10,12-13,16-20,25-26,31,34H,5-6,8-9,11,14-15H2,1-4H3,(H2,30,36)(H,33,37)/b10-7+/t20-,25-,26?/m0/s1. The average Bonchev–Trinajstić information content (AvgIpc) is 2.91. The van der Waals surface area contributed by atoms with E-state index in [9.17, 15) is 14.4 Å². The Bertz CT molecular complexity index is 1150. The predicted molar refractivity (Wildman–Crippen MR) is 151 cm³/mol. The molecule has 2 heterocycles. The number of nitrogens with zero attached hydrogens (tertiary/aromatic N) is 2. The summed E-state index contributed by atoms with van der Waals surface area (Å²) in [5, 5.41) is 9.89. The van der Waals surface area contributed by atoms with Gasteiger partial charge in [-0.25, -0.2) is 5.43 Å². The van der Waals surface area contributed by atoms with Crippen molar-refractivity contribution >= 4 is 34.6 Å². The molecular formula is C29H42N6O3. The van der Waals surface area contributed by atoms with Gasteiger partial charge in [-0.05, 0) is 74.6 Å². The molecule has 206 valence electrons. The van der Waals surface area contributed by atoms with Crippen LogP contribution >= 0.6 is 0 Å². The van der Waals surface area contributed by atoms with Crippen LogP contribution in [0.4, 0.5) is 0 Å². The molecule has 1 unspecified atom stereocenters. The van der Waals surface area contributed by atoms with Gasteiger partial charge in [-0.2, -0.15) is 0 Å². The van der Waals surface area contributed by atoms with Crippen LogP contribution in [0.15, 0.2) is 36.5 Å². The van der Waals surface area contributed by atoms with Crippen molar-refractivity contribution < 1.29 is 14.4 Å². The molecule has 0 radical (unpaired) electrons. The van der Waals surface area contributed by atoms with Crippen LogP contribution in [0.5, 0.6) is 0 Å². The normalized spacial score (nSPS) is 17.6. The molecule has 2 aromatic rings. The second kappa shape index (κ2) is 14.0. The molecule has 3 amide bonds. The number of carbonyl (C=O) groups excluding carboxylic acids is 3. The van der Waals surface area contributed by atoms with Crippen LogP contribution in [0.25, 0.3) is 16.8 Å². The first-order valence-corrected chi connectivity index (χ1v) is 13.7. The first kappa shape index (κ1) is 29.3. The monoisotopic (exact) mass is 522 g/mol. The summed E-state index contributed by atoms with van der Waals surface area (Å²) in [5.41, 5.74) is 10.5. The van der Waals surface area contributed by atoms with Crippen molar-refractivity contribution in [1.82, 2.24) is 26.1 Å². The zero-order valence-corrected chi connectivity index (χ0v) is 23.0. The number of allylic oxidation sites excluding steroid dienone is 1. The molecule has 1 aliphatic heterocycles. The molecule has 1 saturated heterocycles. The van der Waals surface area contributed by atoms with Gasteiger partial charge in [-0.3, -0.25) is 24.4 Å². The zero-order valence-electron chi connectivity index (χ0n) is 23.0. The van der Waals surface area contributed by atoms with E-state index in [1.807, 2.05) is 26.1 Å². The lowest BCUT2D eigenvalue weighted by molar-refractivity contribution is -0.142. The fourth-order valence-electron chi connectivity index (χ4n) is 4.58. The fourth-order valence-corrected chi connectivity index (χ4v) is 4.58. The van der Waals surface area contributed by atoms with E-state index in [0.29, 0.717) is 25.9 Å². The number of primary amides is 1. The minimum absolute atomic E-state index is 0.0509. The first-order valence-electron chi connectivity index (χ1n) is 13.7. The van der Waals surface area contributed by atoms with E-state index < -0.39 is 24.0 Å². The molecule has 1 aromatic carbocycles. The van der Waals surface area contributed by atoms with Gasteiger partial charge in [0, 0.05) is 18.1 Å². The number of hydrogen-bond acceptors (Lipinski definition) is 6. The second-order valence-electron chi connectivity index (χ2n) is 10.3. The SMILES string of the molecule is CCc1ccc2cnc(/C=C/CCCNC(C(=O)N[C@@H](C)C(=O)N3CCC[C@@H](C(N)=O)N3)C(C)C)cc2c1. The van der Waals surface area contributed by atoms with Crippen LogP contribution in [0.2, 0.25) is 0 Å². The summed E-state index contributed by atoms with van der Waals surface area (Å²) in [5.74, 6) is -0.941. The van der Waals surface area contributed by atoms with Gasteiger partial charge in [0.05, 0.1) is 11.7 Å². The van der Waals surface area contributed by atoms with Crippen molar-refractivity contribution in [3.05, 3.63) is 47.8 Å². The quantitative estimate of drug-likeness (QED) is 0.317. The highest BCUT2D eigenvalue weighted by molar-refractivity contribution is 5.90. The number of nitrogens with two attached hydrogens (primary N) is 1. The molecular weight excluding hydrogens is 480 g/mol. The molecule has 1 aromatic heterocycles. The van der Waals surface area contributed by atoms with Crippen LogP contribution in [-0.4, -0.2) is 58.9 Å². The number of rotatable bonds is 12. The van der Waals surface area contributed by atoms with Crippen molar-refractivity contribution in [2.75, 3.05) is 13.1 Å². The molecule has 9 nitrogen and oxygen atoms in total. The number of carbonyl (C=O) groups is 3. The van der Waals surface area contributed by atoms with Crippen molar-refractivity contribution in [3.63, 3.8) is 0 Å². The molecule has 38 heavy (non-hydrogen) atoms. The third-order valence-corrected chi connectivity index (χ3v) is 6.89. The Kier molecular flexibility index (Phi) is 10.8. The second-order valence-corrected chi connectivity index (χ2v) is 10.3. The molecule has 0 saturated carbocycles. The van der Waals surface area contributed by atoms with Crippen LogP contribution in [-0.2, 0) is 20.8 Å². The lowest BCUT2D eigenvalue weighted by Gasteiger charge is -2.34. The lowest BCUT2D eigenvalue weighted by Crippen LogP contribution is -2.61. The number of hydrogen-bond donors (Lipinski definition) is 4. The summed E-state index contributed by atoms with van der Waals surface area (Å²) >= 11 is 0. The van der Waals surface area contributed by atoms with Crippen molar-refractivity contribution in [2.24, 2.45) is 11.7 Å². The molecule has 5 N–H and O–H groups in total. The molecule has 9 heteroatoms. The third-order valence-electron chi connectivity index (χ3n) is 6.89. The van der Waals surface area contributed by atoms with Crippen LogP contribution in [0.1, 0.15) is 64.6 Å². The van der Waals surface area contributed by atoms with E-state index in [-0.39, 0.29) is 17.7 Å². The van der Waals surface area contributed by atoms with Gasteiger partial charge in [0.1, 0.15) is 12.1 Å². The third kappa shape index (κ3) is 8.10. The summed E-state index contributed by atoms with van der Waals surface area (Å²) in [6.07, 6.45) is 10.0. The summed E-state index contributed by atoms with van der Waals surface area (Å²) < 4.78 is 0. The number of pyridine rings is 1. The van der Waals surface area contributed by atoms with Crippen LogP contribution < -0.4 is 21.8 Å². The van der Waals surface area contributed by atoms with Gasteiger partial charge in [0.25, 0.3) is 5.91 Å². The summed E-state index contributed by atoms with van der Waals surface area (Å²) in [7, 11) is 0. The predicted octanol–water partition coefficient (Wildman–Crippen LogP) is 2.69. The number of aromatic nitrogens is 1. The summed E-state index contributed by atoms with van der Waals surface area (Å²) in [6.45, 7) is 8.89. The molecule has 3 atom stereocenters. The van der Waals surface area contributed by atoms with Gasteiger partial charge < -0.3 is 16.4 Å². The fraction of sp³-hybridized carbons (Fsp3) is 0.517. The molecule has 0 spiro atoms. The van der Waals surface area contributed by atoms with Crippen LogP contribution in [0.3, 0.4) is 0 Å². The Balaban J connectivity index is 1.45. The van der Waals surface area contributed by atoms with Gasteiger partial charge in [-0.15, -0.1) is 0 Å². The van der Waals surface area contributed by atoms with E-state index in [1.165, 1.54) is 16.0 Å². The Hall–Kier alpha value is -3.30. The maximum absolute atomic E-state index is 13.0. The number of benzene rings is 1. The number of nitrogens with one attached hydrogen (secondary N) is 3. The largest absolute Gasteiger partial charge is 0.368 e. The van der Waals surface area contributed by atoms with Gasteiger partial charge in [0.15, 0.2) is 0 Å². The van der Waals surface area contributed by atoms with Gasteiger partial charge in [-0.1, -0.05) is 45.0 Å². The highest BCUT2D eigenvalue weighted by atomic mass is 16.2. The highest BCUT2D eigenvalue weighted by Crippen LogP contribution is 2.17. The Labute approximate surface area is 225 Å². The topological polar surface area (TPSA) is 129 Å². The lowest BCUT2D eigenvalue weighted by atomic mass is 10.0. The highest BCUT2D eigenvalue weighted by Gasteiger charge is 2.31. The smallest absolute Gasteiger partial charge is 0.258 e. The van der Waals surface area contributed by atoms with Gasteiger partial charge >= 0.3 is 0 Å². The minimum Gasteiger partial charge on any atom is -0.368 e. The average molecular weight is 523 g/mol. The summed E-state index contributed by atoms with van der Waals surface area (Å²) in [6, 6.07) is 6.86. The number of amides is 3. The maximum Gasteiger partial charge on any atom is 0.258 e. The molecule has 0 bridgehead atoms. The Morgan fingerprint density at radius 2 is 2.00 bits per heavy atom. The van der Waals surface area contributed by atoms with E-state index >= 15 is 0 Å². The van der Waals surface area contributed by atoms with Crippen molar-refractivity contribution in [1.29, 1.82) is 0 Å².